The highest BCUT2D eigenvalue weighted by Gasteiger charge is 2.25. The third kappa shape index (κ3) is 8.86. The Balaban J connectivity index is 1.53. The summed E-state index contributed by atoms with van der Waals surface area (Å²) in [4.78, 5) is 39.3. The molecule has 0 aliphatic carbocycles. The van der Waals surface area contributed by atoms with Crippen LogP contribution in [0.1, 0.15) is 43.6 Å². The number of hydrogen-bond acceptors (Lipinski definition) is 7. The SMILES string of the molecule is CCOC(=O)N1CCN(C(=O)Cc2cccc(CC(C)(C)NC[C@@H](O)c3ccc(O)c(NC(N)=O)c3)c2)CC1. The van der Waals surface area contributed by atoms with Gasteiger partial charge in [-0.3, -0.25) is 4.79 Å². The summed E-state index contributed by atoms with van der Waals surface area (Å²) in [5, 5.41) is 26.3. The van der Waals surface area contributed by atoms with Gasteiger partial charge in [0.05, 0.1) is 24.8 Å². The van der Waals surface area contributed by atoms with Gasteiger partial charge < -0.3 is 41.1 Å². The Morgan fingerprint density at radius 1 is 1.05 bits per heavy atom. The molecule has 1 atom stereocenters. The number of aliphatic hydroxyl groups is 1. The molecular formula is C28H39N5O6. The number of amides is 4. The van der Waals surface area contributed by atoms with Crippen molar-refractivity contribution in [1.29, 1.82) is 0 Å². The van der Waals surface area contributed by atoms with Crippen LogP contribution in [0.25, 0.3) is 0 Å². The molecule has 1 saturated heterocycles. The maximum Gasteiger partial charge on any atom is 0.409 e. The summed E-state index contributed by atoms with van der Waals surface area (Å²) in [5.74, 6) is -0.120. The van der Waals surface area contributed by atoms with Crippen molar-refractivity contribution in [2.75, 3.05) is 44.6 Å². The normalized spacial score (nSPS) is 14.6. The number of rotatable bonds is 10. The average Bonchev–Trinajstić information content (AvgIpc) is 2.88. The number of primary amides is 1. The Hall–Kier alpha value is -3.83. The second-order valence-corrected chi connectivity index (χ2v) is 10.3. The molecule has 6 N–H and O–H groups in total. The fourth-order valence-electron chi connectivity index (χ4n) is 4.55. The van der Waals surface area contributed by atoms with Crippen LogP contribution in [0.2, 0.25) is 0 Å². The van der Waals surface area contributed by atoms with Gasteiger partial charge in [0.2, 0.25) is 5.91 Å². The largest absolute Gasteiger partial charge is 0.506 e. The number of carbonyl (C=O) groups excluding carboxylic acids is 3. The smallest absolute Gasteiger partial charge is 0.409 e. The molecule has 2 aromatic rings. The summed E-state index contributed by atoms with van der Waals surface area (Å²) >= 11 is 0. The zero-order chi connectivity index (χ0) is 28.6. The lowest BCUT2D eigenvalue weighted by Gasteiger charge is -2.34. The topological polar surface area (TPSA) is 157 Å². The first kappa shape index (κ1) is 29.7. The first-order valence-electron chi connectivity index (χ1n) is 13.1. The van der Waals surface area contributed by atoms with Crippen LogP contribution in [0.4, 0.5) is 15.3 Å². The van der Waals surface area contributed by atoms with Crippen LogP contribution < -0.4 is 16.4 Å². The van der Waals surface area contributed by atoms with Gasteiger partial charge >= 0.3 is 12.1 Å². The molecule has 1 aliphatic heterocycles. The summed E-state index contributed by atoms with van der Waals surface area (Å²) in [5.41, 5.74) is 7.37. The number of β-amino-alcohol motifs (C(OH)–C–C–N with tert-alkyl or cyclic N) is 1. The summed E-state index contributed by atoms with van der Waals surface area (Å²) in [6.07, 6.45) is -0.285. The van der Waals surface area contributed by atoms with Crippen molar-refractivity contribution in [1.82, 2.24) is 15.1 Å². The van der Waals surface area contributed by atoms with Gasteiger partial charge in [0.25, 0.3) is 0 Å². The van der Waals surface area contributed by atoms with Gasteiger partial charge in [0.15, 0.2) is 0 Å². The van der Waals surface area contributed by atoms with E-state index in [0.717, 1.165) is 11.1 Å². The number of piperazine rings is 1. The number of nitrogens with zero attached hydrogens (tertiary/aromatic N) is 2. The molecule has 2 aromatic carbocycles. The van der Waals surface area contributed by atoms with E-state index < -0.39 is 12.1 Å². The van der Waals surface area contributed by atoms with Gasteiger partial charge in [-0.15, -0.1) is 0 Å². The average molecular weight is 542 g/mol. The molecule has 0 spiro atoms. The summed E-state index contributed by atoms with van der Waals surface area (Å²) < 4.78 is 5.04. The minimum atomic E-state index is -0.883. The van der Waals surface area contributed by atoms with E-state index in [1.165, 1.54) is 12.1 Å². The van der Waals surface area contributed by atoms with E-state index in [1.807, 2.05) is 38.1 Å². The predicted molar refractivity (Wildman–Crippen MR) is 147 cm³/mol. The number of aliphatic hydroxyl groups excluding tert-OH is 1. The van der Waals surface area contributed by atoms with Crippen molar-refractivity contribution >= 4 is 23.7 Å². The van der Waals surface area contributed by atoms with Gasteiger partial charge in [-0.25, -0.2) is 9.59 Å². The molecule has 39 heavy (non-hydrogen) atoms. The fourth-order valence-corrected chi connectivity index (χ4v) is 4.55. The molecule has 0 unspecified atom stereocenters. The summed E-state index contributed by atoms with van der Waals surface area (Å²) in [7, 11) is 0. The number of carbonyl (C=O) groups is 3. The zero-order valence-corrected chi connectivity index (χ0v) is 22.8. The molecule has 0 bridgehead atoms. The molecule has 1 aliphatic rings. The highest BCUT2D eigenvalue weighted by Crippen LogP contribution is 2.27. The number of ether oxygens (including phenoxy) is 1. The fraction of sp³-hybridized carbons (Fsp3) is 0.464. The highest BCUT2D eigenvalue weighted by molar-refractivity contribution is 5.89. The maximum atomic E-state index is 12.9. The molecule has 0 aromatic heterocycles. The van der Waals surface area contributed by atoms with E-state index >= 15 is 0 Å². The number of benzene rings is 2. The van der Waals surface area contributed by atoms with Crippen LogP contribution in [0.5, 0.6) is 5.75 Å². The first-order chi connectivity index (χ1) is 18.5. The minimum Gasteiger partial charge on any atom is -0.506 e. The van der Waals surface area contributed by atoms with Crippen LogP contribution in [0.15, 0.2) is 42.5 Å². The molecular weight excluding hydrogens is 502 g/mol. The van der Waals surface area contributed by atoms with Crippen molar-refractivity contribution in [2.24, 2.45) is 5.73 Å². The second-order valence-electron chi connectivity index (χ2n) is 10.3. The standard InChI is InChI=1S/C28H39N5O6/c1-4-39-27(38)33-12-10-32(11-13-33)25(36)15-19-6-5-7-20(14-19)17-28(2,3)30-18-24(35)21-8-9-23(34)22(16-21)31-26(29)37/h5-9,14,16,24,30,34-35H,4,10-13,15,17-18H2,1-3H3,(H3,29,31,37)/t24-/m1/s1. The number of nitrogens with one attached hydrogen (secondary N) is 2. The van der Waals surface area contributed by atoms with Crippen LogP contribution in [-0.2, 0) is 22.4 Å². The molecule has 11 heteroatoms. The van der Waals surface area contributed by atoms with Gasteiger partial charge in [0.1, 0.15) is 5.75 Å². The van der Waals surface area contributed by atoms with Crippen molar-refractivity contribution in [3.05, 3.63) is 59.2 Å². The van der Waals surface area contributed by atoms with Crippen molar-refractivity contribution in [3.8, 4) is 5.75 Å². The van der Waals surface area contributed by atoms with Crippen LogP contribution >= 0.6 is 0 Å². The van der Waals surface area contributed by atoms with Crippen LogP contribution in [0, 0.1) is 0 Å². The van der Waals surface area contributed by atoms with E-state index in [4.69, 9.17) is 10.5 Å². The maximum absolute atomic E-state index is 12.9. The number of aromatic hydroxyl groups is 1. The molecule has 1 fully saturated rings. The molecule has 11 nitrogen and oxygen atoms in total. The molecule has 0 saturated carbocycles. The van der Waals surface area contributed by atoms with Crippen molar-refractivity contribution in [2.45, 2.75) is 45.3 Å². The van der Waals surface area contributed by atoms with Gasteiger partial charge in [-0.05, 0) is 56.0 Å². The zero-order valence-electron chi connectivity index (χ0n) is 22.8. The number of nitrogens with two attached hydrogens (primary N) is 1. The second kappa shape index (κ2) is 13.3. The third-order valence-electron chi connectivity index (χ3n) is 6.59. The molecule has 4 amide bonds. The lowest BCUT2D eigenvalue weighted by Crippen LogP contribution is -2.51. The lowest BCUT2D eigenvalue weighted by atomic mass is 9.93. The number of phenolic OH excluding ortho intramolecular Hbond substituents is 1. The number of anilines is 1. The first-order valence-corrected chi connectivity index (χ1v) is 13.1. The third-order valence-corrected chi connectivity index (χ3v) is 6.59. The quantitative estimate of drug-likeness (QED) is 0.289. The Bertz CT molecular complexity index is 1160. The van der Waals surface area contributed by atoms with E-state index in [-0.39, 0.29) is 41.9 Å². The van der Waals surface area contributed by atoms with Crippen LogP contribution in [-0.4, -0.2) is 82.9 Å². The van der Waals surface area contributed by atoms with Crippen LogP contribution in [0.3, 0.4) is 0 Å². The van der Waals surface area contributed by atoms with E-state index in [9.17, 15) is 24.6 Å². The Labute approximate surface area is 228 Å². The summed E-state index contributed by atoms with van der Waals surface area (Å²) in [6, 6.07) is 11.5. The number of urea groups is 1. The number of phenols is 1. The summed E-state index contributed by atoms with van der Waals surface area (Å²) in [6.45, 7) is 8.28. The molecule has 1 heterocycles. The molecule has 212 valence electrons. The Kier molecular flexibility index (Phi) is 10.1. The minimum absolute atomic E-state index is 0.0234. The van der Waals surface area contributed by atoms with E-state index in [2.05, 4.69) is 10.6 Å². The highest BCUT2D eigenvalue weighted by atomic mass is 16.6. The van der Waals surface area contributed by atoms with E-state index in [1.54, 1.807) is 22.8 Å². The number of hydrogen-bond donors (Lipinski definition) is 5. The lowest BCUT2D eigenvalue weighted by molar-refractivity contribution is -0.132. The Morgan fingerprint density at radius 2 is 1.72 bits per heavy atom. The van der Waals surface area contributed by atoms with Gasteiger partial charge in [0, 0.05) is 38.3 Å². The Morgan fingerprint density at radius 3 is 2.38 bits per heavy atom. The molecule has 3 rings (SSSR count). The van der Waals surface area contributed by atoms with Gasteiger partial charge in [-0.2, -0.15) is 0 Å². The van der Waals surface area contributed by atoms with Crippen molar-refractivity contribution in [3.63, 3.8) is 0 Å². The molecule has 0 radical (unpaired) electrons. The van der Waals surface area contributed by atoms with Crippen molar-refractivity contribution < 1.29 is 29.3 Å². The monoisotopic (exact) mass is 541 g/mol. The van der Waals surface area contributed by atoms with E-state index in [0.29, 0.717) is 44.8 Å². The predicted octanol–water partition coefficient (Wildman–Crippen LogP) is 2.37. The van der Waals surface area contributed by atoms with Gasteiger partial charge in [-0.1, -0.05) is 30.3 Å².